The van der Waals surface area contributed by atoms with E-state index in [4.69, 9.17) is 9.72 Å². The first-order chi connectivity index (χ1) is 21.7. The van der Waals surface area contributed by atoms with Crippen molar-refractivity contribution >= 4 is 34.5 Å². The topological polar surface area (TPSA) is 87.2 Å². The SMILES string of the molecule is CNc1cccc(Nc2ncnc(N(Cc3ccccc3)Cc3ccccc3)c2Nc2ccc(Oc3ccccc3)cn2)c1. The van der Waals surface area contributed by atoms with E-state index < -0.39 is 0 Å². The Morgan fingerprint density at radius 2 is 1.27 bits per heavy atom. The highest BCUT2D eigenvalue weighted by atomic mass is 16.5. The molecule has 6 rings (SSSR count). The van der Waals surface area contributed by atoms with Crippen molar-refractivity contribution in [1.82, 2.24) is 15.0 Å². The van der Waals surface area contributed by atoms with Crippen molar-refractivity contribution in [2.24, 2.45) is 0 Å². The van der Waals surface area contributed by atoms with Crippen LogP contribution in [0.1, 0.15) is 11.1 Å². The number of hydrogen-bond acceptors (Lipinski definition) is 8. The van der Waals surface area contributed by atoms with Crippen molar-refractivity contribution in [3.05, 3.63) is 151 Å². The van der Waals surface area contributed by atoms with Gasteiger partial charge in [0.05, 0.1) is 6.20 Å². The van der Waals surface area contributed by atoms with Gasteiger partial charge in [-0.15, -0.1) is 0 Å². The molecule has 3 N–H and O–H groups in total. The summed E-state index contributed by atoms with van der Waals surface area (Å²) in [7, 11) is 1.90. The van der Waals surface area contributed by atoms with Gasteiger partial charge in [-0.2, -0.15) is 0 Å². The summed E-state index contributed by atoms with van der Waals surface area (Å²) >= 11 is 0. The van der Waals surface area contributed by atoms with Crippen LogP contribution < -0.4 is 25.6 Å². The molecule has 0 saturated carbocycles. The van der Waals surface area contributed by atoms with E-state index in [1.807, 2.05) is 85.9 Å². The van der Waals surface area contributed by atoms with Crippen LogP contribution in [0.3, 0.4) is 0 Å². The van der Waals surface area contributed by atoms with Crippen molar-refractivity contribution in [3.8, 4) is 11.5 Å². The van der Waals surface area contributed by atoms with Gasteiger partial charge in [-0.1, -0.05) is 84.9 Å². The van der Waals surface area contributed by atoms with Gasteiger partial charge in [0, 0.05) is 31.5 Å². The van der Waals surface area contributed by atoms with E-state index in [2.05, 4.69) is 79.3 Å². The van der Waals surface area contributed by atoms with Gasteiger partial charge < -0.3 is 25.6 Å². The molecule has 0 radical (unpaired) electrons. The molecular formula is C36H33N7O. The Hall–Kier alpha value is -5.89. The van der Waals surface area contributed by atoms with E-state index in [1.54, 1.807) is 12.5 Å². The van der Waals surface area contributed by atoms with Crippen LogP contribution in [-0.2, 0) is 13.1 Å². The van der Waals surface area contributed by atoms with Crippen LogP contribution in [0.25, 0.3) is 0 Å². The largest absolute Gasteiger partial charge is 0.456 e. The molecule has 8 heteroatoms. The van der Waals surface area contributed by atoms with Crippen LogP contribution in [0.4, 0.5) is 34.5 Å². The highest BCUT2D eigenvalue weighted by Crippen LogP contribution is 2.36. The second kappa shape index (κ2) is 13.8. The number of nitrogens with zero attached hydrogens (tertiary/aromatic N) is 4. The van der Waals surface area contributed by atoms with Crippen molar-refractivity contribution in [2.75, 3.05) is 27.9 Å². The Morgan fingerprint density at radius 3 is 1.91 bits per heavy atom. The molecule has 0 atom stereocenters. The average Bonchev–Trinajstić information content (AvgIpc) is 3.07. The maximum absolute atomic E-state index is 5.96. The van der Waals surface area contributed by atoms with Gasteiger partial charge in [-0.05, 0) is 53.6 Å². The molecule has 218 valence electrons. The number of nitrogens with one attached hydrogen (secondary N) is 3. The molecule has 0 aliphatic heterocycles. The van der Waals surface area contributed by atoms with Crippen molar-refractivity contribution in [3.63, 3.8) is 0 Å². The molecule has 0 saturated heterocycles. The molecule has 0 fully saturated rings. The number of aromatic nitrogens is 3. The maximum atomic E-state index is 5.96. The molecular weight excluding hydrogens is 546 g/mol. The monoisotopic (exact) mass is 579 g/mol. The minimum absolute atomic E-state index is 0.626. The molecule has 0 aliphatic carbocycles. The van der Waals surface area contributed by atoms with E-state index >= 15 is 0 Å². The second-order valence-electron chi connectivity index (χ2n) is 10.1. The lowest BCUT2D eigenvalue weighted by Gasteiger charge is -2.27. The summed E-state index contributed by atoms with van der Waals surface area (Å²) in [5, 5.41) is 10.2. The van der Waals surface area contributed by atoms with E-state index in [9.17, 15) is 0 Å². The Kier molecular flexibility index (Phi) is 8.89. The minimum atomic E-state index is 0.626. The predicted octanol–water partition coefficient (Wildman–Crippen LogP) is 8.40. The van der Waals surface area contributed by atoms with Crippen LogP contribution >= 0.6 is 0 Å². The van der Waals surface area contributed by atoms with Crippen molar-refractivity contribution in [1.29, 1.82) is 0 Å². The first-order valence-electron chi connectivity index (χ1n) is 14.4. The van der Waals surface area contributed by atoms with Crippen molar-refractivity contribution < 1.29 is 4.74 Å². The fraction of sp³-hybridized carbons (Fsp3) is 0.0833. The van der Waals surface area contributed by atoms with Crippen LogP contribution in [-0.4, -0.2) is 22.0 Å². The quantitative estimate of drug-likeness (QED) is 0.133. The van der Waals surface area contributed by atoms with Crippen LogP contribution in [0, 0.1) is 0 Å². The third-order valence-electron chi connectivity index (χ3n) is 6.94. The average molecular weight is 580 g/mol. The molecule has 0 unspecified atom stereocenters. The van der Waals surface area contributed by atoms with Gasteiger partial charge >= 0.3 is 0 Å². The second-order valence-corrected chi connectivity index (χ2v) is 10.1. The fourth-order valence-electron chi connectivity index (χ4n) is 4.80. The van der Waals surface area contributed by atoms with Gasteiger partial charge in [0.15, 0.2) is 11.6 Å². The first kappa shape index (κ1) is 28.2. The van der Waals surface area contributed by atoms with Crippen LogP contribution in [0.5, 0.6) is 11.5 Å². The Balaban J connectivity index is 1.38. The summed E-state index contributed by atoms with van der Waals surface area (Å²) in [6.45, 7) is 1.29. The molecule has 0 aliphatic rings. The standard InChI is InChI=1S/C36H33N7O/c1-37-29-16-11-17-30(22-29)41-35-34(42-33-21-20-32(23-38-33)44-31-18-9-4-10-19-31)36(40-26-39-35)43(24-27-12-5-2-6-13-27)25-28-14-7-3-8-15-28/h2-23,26,37H,24-25H2,1H3,(H,38,42)(H,39,40,41). The number of para-hydroxylation sites is 1. The lowest BCUT2D eigenvalue weighted by Crippen LogP contribution is -2.24. The lowest BCUT2D eigenvalue weighted by molar-refractivity contribution is 0.480. The predicted molar refractivity (Wildman–Crippen MR) is 178 cm³/mol. The molecule has 2 aromatic heterocycles. The fourth-order valence-corrected chi connectivity index (χ4v) is 4.80. The summed E-state index contributed by atoms with van der Waals surface area (Å²) in [6, 6.07) is 42.3. The maximum Gasteiger partial charge on any atom is 0.159 e. The van der Waals surface area contributed by atoms with E-state index in [0.29, 0.717) is 36.2 Å². The Bertz CT molecular complexity index is 1720. The molecule has 4 aromatic carbocycles. The van der Waals surface area contributed by atoms with Gasteiger partial charge in [0.25, 0.3) is 0 Å². The summed E-state index contributed by atoms with van der Waals surface area (Å²) in [5.74, 6) is 3.39. The lowest BCUT2D eigenvalue weighted by atomic mass is 10.1. The van der Waals surface area contributed by atoms with Gasteiger partial charge in [0.1, 0.15) is 29.3 Å². The Labute approximate surface area is 257 Å². The van der Waals surface area contributed by atoms with E-state index in [1.165, 1.54) is 11.1 Å². The zero-order valence-corrected chi connectivity index (χ0v) is 24.4. The summed E-state index contributed by atoms with van der Waals surface area (Å²) < 4.78 is 5.96. The zero-order valence-electron chi connectivity index (χ0n) is 24.4. The summed E-state index contributed by atoms with van der Waals surface area (Å²) in [4.78, 5) is 16.4. The summed E-state index contributed by atoms with van der Waals surface area (Å²) in [5.41, 5.74) is 4.93. The summed E-state index contributed by atoms with van der Waals surface area (Å²) in [6.07, 6.45) is 3.30. The number of rotatable bonds is 12. The van der Waals surface area contributed by atoms with Crippen LogP contribution in [0.15, 0.2) is 140 Å². The molecule has 8 nitrogen and oxygen atoms in total. The van der Waals surface area contributed by atoms with Crippen molar-refractivity contribution in [2.45, 2.75) is 13.1 Å². The highest BCUT2D eigenvalue weighted by Gasteiger charge is 2.20. The first-order valence-corrected chi connectivity index (χ1v) is 14.4. The Morgan fingerprint density at radius 1 is 0.614 bits per heavy atom. The number of anilines is 6. The minimum Gasteiger partial charge on any atom is -0.456 e. The third kappa shape index (κ3) is 7.30. The molecule has 6 aromatic rings. The number of ether oxygens (including phenoxy) is 1. The number of benzene rings is 4. The smallest absolute Gasteiger partial charge is 0.159 e. The van der Waals surface area contributed by atoms with E-state index in [0.717, 1.165) is 22.9 Å². The molecule has 0 spiro atoms. The molecule has 2 heterocycles. The third-order valence-corrected chi connectivity index (χ3v) is 6.94. The highest BCUT2D eigenvalue weighted by molar-refractivity contribution is 5.84. The van der Waals surface area contributed by atoms with Gasteiger partial charge in [0.2, 0.25) is 0 Å². The number of hydrogen-bond donors (Lipinski definition) is 3. The van der Waals surface area contributed by atoms with Crippen LogP contribution in [0.2, 0.25) is 0 Å². The van der Waals surface area contributed by atoms with Gasteiger partial charge in [-0.25, -0.2) is 15.0 Å². The molecule has 0 amide bonds. The van der Waals surface area contributed by atoms with E-state index in [-0.39, 0.29) is 0 Å². The molecule has 0 bridgehead atoms. The molecule has 44 heavy (non-hydrogen) atoms. The van der Waals surface area contributed by atoms with Gasteiger partial charge in [-0.3, -0.25) is 0 Å². The zero-order chi connectivity index (χ0) is 30.0. The number of pyridine rings is 1. The normalized spacial score (nSPS) is 10.6.